The quantitative estimate of drug-likeness (QED) is 0.613. The maximum atomic E-state index is 13.5. The number of rotatable bonds is 7. The standard InChI is InChI=1S/C25H34N4O4S/c1-17-11-18(2)23(19(3)12-17)34(32,33)27-22-13-21(25(30)31)14-26-24(22)29-10-6-7-20(16-29)15-28-8-4-5-9-28/h11-14,20,27H,4-10,15-16H2,1-3H3,(H,30,31)/t20-/m1/s1. The number of carboxylic acids is 1. The van der Waals surface area contributed by atoms with Crippen LogP contribution in [0.25, 0.3) is 0 Å². The molecule has 2 aliphatic rings. The van der Waals surface area contributed by atoms with Gasteiger partial charge in [0.1, 0.15) is 0 Å². The number of aromatic nitrogens is 1. The van der Waals surface area contributed by atoms with Gasteiger partial charge in [0.2, 0.25) is 0 Å². The molecule has 2 fully saturated rings. The molecule has 0 spiro atoms. The highest BCUT2D eigenvalue weighted by Gasteiger charge is 2.28. The van der Waals surface area contributed by atoms with Crippen LogP contribution in [0, 0.1) is 26.7 Å². The summed E-state index contributed by atoms with van der Waals surface area (Å²) in [6, 6.07) is 5.05. The number of nitrogens with zero attached hydrogens (tertiary/aromatic N) is 3. The predicted octanol–water partition coefficient (Wildman–Crippen LogP) is 3.82. The van der Waals surface area contributed by atoms with E-state index in [2.05, 4.69) is 19.5 Å². The van der Waals surface area contributed by atoms with Crippen LogP contribution in [0.1, 0.15) is 52.7 Å². The van der Waals surface area contributed by atoms with Gasteiger partial charge in [-0.1, -0.05) is 17.7 Å². The van der Waals surface area contributed by atoms with Crippen LogP contribution in [0.2, 0.25) is 0 Å². The Hall–Kier alpha value is -2.65. The number of carboxylic acid groups (broad SMARTS) is 1. The van der Waals surface area contributed by atoms with Gasteiger partial charge in [-0.25, -0.2) is 18.2 Å². The fourth-order valence-electron chi connectivity index (χ4n) is 5.42. The molecule has 0 radical (unpaired) electrons. The van der Waals surface area contributed by atoms with E-state index >= 15 is 0 Å². The van der Waals surface area contributed by atoms with E-state index in [-0.39, 0.29) is 16.1 Å². The predicted molar refractivity (Wildman–Crippen MR) is 133 cm³/mol. The number of nitrogens with one attached hydrogen (secondary N) is 1. The van der Waals surface area contributed by atoms with Crippen LogP contribution in [0.5, 0.6) is 0 Å². The van der Waals surface area contributed by atoms with Crippen LogP contribution in [0.3, 0.4) is 0 Å². The van der Waals surface area contributed by atoms with Gasteiger partial charge in [0, 0.05) is 25.8 Å². The molecule has 9 heteroatoms. The average molecular weight is 487 g/mol. The van der Waals surface area contributed by atoms with Crippen molar-refractivity contribution in [3.8, 4) is 0 Å². The van der Waals surface area contributed by atoms with Gasteiger partial charge in [0.15, 0.2) is 5.82 Å². The van der Waals surface area contributed by atoms with Crippen LogP contribution in [-0.4, -0.2) is 62.1 Å². The second kappa shape index (κ2) is 9.92. The normalized spacial score (nSPS) is 19.4. The van der Waals surface area contributed by atoms with E-state index in [0.717, 1.165) is 51.1 Å². The summed E-state index contributed by atoms with van der Waals surface area (Å²) in [5.41, 5.74) is 2.45. The molecule has 1 aromatic heterocycles. The van der Waals surface area contributed by atoms with E-state index in [9.17, 15) is 18.3 Å². The van der Waals surface area contributed by atoms with Crippen LogP contribution < -0.4 is 9.62 Å². The zero-order chi connectivity index (χ0) is 24.5. The van der Waals surface area contributed by atoms with Gasteiger partial charge in [0.05, 0.1) is 16.1 Å². The Morgan fingerprint density at radius 1 is 1.09 bits per heavy atom. The maximum Gasteiger partial charge on any atom is 0.337 e. The Labute approximate surface area is 202 Å². The van der Waals surface area contributed by atoms with Crippen molar-refractivity contribution < 1.29 is 18.3 Å². The summed E-state index contributed by atoms with van der Waals surface area (Å²) < 4.78 is 29.6. The second-order valence-electron chi connectivity index (χ2n) is 9.70. The number of anilines is 2. The Morgan fingerprint density at radius 3 is 2.41 bits per heavy atom. The Bertz CT molecular complexity index is 1150. The molecule has 184 valence electrons. The van der Waals surface area contributed by atoms with E-state index in [1.165, 1.54) is 25.1 Å². The molecule has 8 nitrogen and oxygen atoms in total. The van der Waals surface area contributed by atoms with Gasteiger partial charge in [-0.05, 0) is 82.7 Å². The first kappa shape index (κ1) is 24.5. The molecule has 1 atom stereocenters. The number of pyridine rings is 1. The molecule has 0 unspecified atom stereocenters. The molecular weight excluding hydrogens is 452 g/mol. The Balaban J connectivity index is 1.65. The zero-order valence-corrected chi connectivity index (χ0v) is 21.0. The van der Waals surface area contributed by atoms with E-state index in [0.29, 0.717) is 22.9 Å². The van der Waals surface area contributed by atoms with Gasteiger partial charge < -0.3 is 14.9 Å². The largest absolute Gasteiger partial charge is 0.478 e. The Morgan fingerprint density at radius 2 is 1.76 bits per heavy atom. The van der Waals surface area contributed by atoms with Crippen molar-refractivity contribution in [2.24, 2.45) is 5.92 Å². The summed E-state index contributed by atoms with van der Waals surface area (Å²) >= 11 is 0. The molecular formula is C25H34N4O4S. The van der Waals surface area contributed by atoms with Gasteiger partial charge in [-0.2, -0.15) is 0 Å². The summed E-state index contributed by atoms with van der Waals surface area (Å²) in [5.74, 6) is -0.186. The first-order valence-electron chi connectivity index (χ1n) is 12.0. The molecule has 4 rings (SSSR count). The van der Waals surface area contributed by atoms with Gasteiger partial charge in [-0.15, -0.1) is 0 Å². The lowest BCUT2D eigenvalue weighted by Crippen LogP contribution is -2.41. The first-order chi connectivity index (χ1) is 16.1. The molecule has 2 N–H and O–H groups in total. The van der Waals surface area contributed by atoms with Crippen LogP contribution in [0.15, 0.2) is 29.3 Å². The number of aryl methyl sites for hydroxylation is 3. The molecule has 2 saturated heterocycles. The number of piperidine rings is 1. The van der Waals surface area contributed by atoms with Crippen molar-refractivity contribution in [3.63, 3.8) is 0 Å². The number of hydrogen-bond donors (Lipinski definition) is 2. The Kier molecular flexibility index (Phi) is 7.14. The van der Waals surface area contributed by atoms with Crippen LogP contribution in [0.4, 0.5) is 11.5 Å². The molecule has 0 bridgehead atoms. The minimum Gasteiger partial charge on any atom is -0.478 e. The van der Waals surface area contributed by atoms with Crippen molar-refractivity contribution in [2.45, 2.75) is 51.3 Å². The number of carbonyl (C=O) groups is 1. The SMILES string of the molecule is Cc1cc(C)c(S(=O)(=O)Nc2cc(C(=O)O)cnc2N2CCC[C@H](CN3CCCC3)C2)c(C)c1. The van der Waals surface area contributed by atoms with E-state index in [1.807, 2.05) is 19.1 Å². The fraction of sp³-hybridized carbons (Fsp3) is 0.520. The van der Waals surface area contributed by atoms with E-state index < -0.39 is 16.0 Å². The van der Waals surface area contributed by atoms with E-state index in [1.54, 1.807) is 13.8 Å². The number of benzene rings is 1. The van der Waals surface area contributed by atoms with Crippen LogP contribution in [-0.2, 0) is 10.0 Å². The minimum atomic E-state index is -3.95. The molecule has 2 aliphatic heterocycles. The summed E-state index contributed by atoms with van der Waals surface area (Å²) in [4.78, 5) is 20.9. The van der Waals surface area contributed by atoms with Crippen molar-refractivity contribution >= 4 is 27.5 Å². The van der Waals surface area contributed by atoms with Crippen LogP contribution >= 0.6 is 0 Å². The first-order valence-corrected chi connectivity index (χ1v) is 13.4. The zero-order valence-electron chi connectivity index (χ0n) is 20.2. The molecule has 0 saturated carbocycles. The lowest BCUT2D eigenvalue weighted by Gasteiger charge is -2.36. The van der Waals surface area contributed by atoms with Crippen molar-refractivity contribution in [2.75, 3.05) is 42.3 Å². The molecule has 0 amide bonds. The summed E-state index contributed by atoms with van der Waals surface area (Å²) in [6.07, 6.45) is 5.92. The highest BCUT2D eigenvalue weighted by Crippen LogP contribution is 2.32. The maximum absolute atomic E-state index is 13.5. The van der Waals surface area contributed by atoms with Gasteiger partial charge >= 0.3 is 5.97 Å². The van der Waals surface area contributed by atoms with E-state index in [4.69, 9.17) is 0 Å². The fourth-order valence-corrected chi connectivity index (χ4v) is 6.93. The molecule has 1 aromatic carbocycles. The van der Waals surface area contributed by atoms with Crippen molar-refractivity contribution in [3.05, 3.63) is 46.6 Å². The number of sulfonamides is 1. The smallest absolute Gasteiger partial charge is 0.337 e. The number of aromatic carboxylic acids is 1. The summed E-state index contributed by atoms with van der Waals surface area (Å²) in [7, 11) is -3.95. The summed E-state index contributed by atoms with van der Waals surface area (Å²) in [6.45, 7) is 10.3. The third-order valence-electron chi connectivity index (χ3n) is 6.76. The second-order valence-corrected chi connectivity index (χ2v) is 11.3. The molecule has 34 heavy (non-hydrogen) atoms. The third kappa shape index (κ3) is 5.36. The highest BCUT2D eigenvalue weighted by molar-refractivity contribution is 7.92. The average Bonchev–Trinajstić information content (AvgIpc) is 3.25. The molecule has 2 aromatic rings. The number of likely N-dealkylation sites (tertiary alicyclic amines) is 1. The lowest BCUT2D eigenvalue weighted by atomic mass is 9.97. The molecule has 3 heterocycles. The number of hydrogen-bond acceptors (Lipinski definition) is 6. The van der Waals surface area contributed by atoms with Gasteiger partial charge in [0.25, 0.3) is 10.0 Å². The van der Waals surface area contributed by atoms with Crippen molar-refractivity contribution in [1.82, 2.24) is 9.88 Å². The molecule has 0 aliphatic carbocycles. The third-order valence-corrected chi connectivity index (χ3v) is 8.43. The topological polar surface area (TPSA) is 103 Å². The monoisotopic (exact) mass is 486 g/mol. The van der Waals surface area contributed by atoms with Gasteiger partial charge in [-0.3, -0.25) is 4.72 Å². The lowest BCUT2D eigenvalue weighted by molar-refractivity contribution is 0.0696. The summed E-state index contributed by atoms with van der Waals surface area (Å²) in [5, 5.41) is 9.51. The van der Waals surface area contributed by atoms with Crippen molar-refractivity contribution in [1.29, 1.82) is 0 Å². The minimum absolute atomic E-state index is 0.0515. The highest BCUT2D eigenvalue weighted by atomic mass is 32.2.